The number of aryl methyl sites for hydroxylation is 1. The van der Waals surface area contributed by atoms with E-state index in [0.717, 1.165) is 33.9 Å². The highest BCUT2D eigenvalue weighted by molar-refractivity contribution is 9.10. The fourth-order valence-electron chi connectivity index (χ4n) is 2.91. The van der Waals surface area contributed by atoms with Crippen LogP contribution in [0.1, 0.15) is 12.7 Å². The number of aromatic nitrogens is 2. The van der Waals surface area contributed by atoms with E-state index in [4.69, 9.17) is 16.3 Å². The maximum Gasteiger partial charge on any atom is 0.254 e. The van der Waals surface area contributed by atoms with Crippen LogP contribution in [0.5, 0.6) is 5.75 Å². The van der Waals surface area contributed by atoms with Crippen molar-refractivity contribution in [1.29, 1.82) is 0 Å². The van der Waals surface area contributed by atoms with E-state index in [9.17, 15) is 0 Å². The van der Waals surface area contributed by atoms with Crippen molar-refractivity contribution in [3.63, 3.8) is 0 Å². The highest BCUT2D eigenvalue weighted by atomic mass is 79.9. The summed E-state index contributed by atoms with van der Waals surface area (Å²) in [5.41, 5.74) is 2.31. The molecular weight excluding hydrogens is 376 g/mol. The second kappa shape index (κ2) is 6.93. The normalized spacial score (nSPS) is 11.1. The van der Waals surface area contributed by atoms with E-state index >= 15 is 0 Å². The molecule has 0 atom stereocenters. The maximum atomic E-state index is 6.29. The summed E-state index contributed by atoms with van der Waals surface area (Å²) in [6.45, 7) is 6.60. The number of halogens is 2. The van der Waals surface area contributed by atoms with Crippen LogP contribution in [-0.4, -0.2) is 11.2 Å². The Morgan fingerprint density at radius 2 is 1.96 bits per heavy atom. The van der Waals surface area contributed by atoms with Crippen molar-refractivity contribution in [2.75, 3.05) is 6.61 Å². The van der Waals surface area contributed by atoms with Gasteiger partial charge < -0.3 is 4.74 Å². The third kappa shape index (κ3) is 3.24. The van der Waals surface area contributed by atoms with Gasteiger partial charge in [-0.1, -0.05) is 29.8 Å². The molecule has 3 nitrogen and oxygen atoms in total. The summed E-state index contributed by atoms with van der Waals surface area (Å²) in [7, 11) is 0. The van der Waals surface area contributed by atoms with Crippen LogP contribution < -0.4 is 9.30 Å². The van der Waals surface area contributed by atoms with Crippen molar-refractivity contribution < 1.29 is 9.30 Å². The molecule has 1 heterocycles. The molecule has 0 N–H and O–H groups in total. The fraction of sp³-hybridized carbons (Fsp3) is 0.278. The van der Waals surface area contributed by atoms with E-state index in [0.29, 0.717) is 6.61 Å². The molecule has 0 aliphatic rings. The van der Waals surface area contributed by atoms with Gasteiger partial charge in [-0.3, -0.25) is 0 Å². The number of ether oxygens (including phenoxy) is 1. The van der Waals surface area contributed by atoms with Crippen molar-refractivity contribution in [1.82, 2.24) is 4.57 Å². The van der Waals surface area contributed by atoms with Crippen molar-refractivity contribution in [2.45, 2.75) is 26.9 Å². The molecule has 3 aromatic rings. The van der Waals surface area contributed by atoms with Crippen LogP contribution in [0.15, 0.2) is 46.9 Å². The Labute approximate surface area is 149 Å². The average Bonchev–Trinajstić information content (AvgIpc) is 2.80. The van der Waals surface area contributed by atoms with E-state index < -0.39 is 0 Å². The lowest BCUT2D eigenvalue weighted by Crippen LogP contribution is -2.39. The lowest BCUT2D eigenvalue weighted by Gasteiger charge is -2.05. The Balaban J connectivity index is 1.90. The zero-order chi connectivity index (χ0) is 16.4. The molecule has 0 saturated carbocycles. The first-order chi connectivity index (χ1) is 11.1. The van der Waals surface area contributed by atoms with E-state index in [2.05, 4.69) is 45.0 Å². The third-order valence-electron chi connectivity index (χ3n) is 4.02. The average molecular weight is 395 g/mol. The molecule has 0 aliphatic heterocycles. The first-order valence-corrected chi connectivity index (χ1v) is 8.84. The van der Waals surface area contributed by atoms with Gasteiger partial charge in [0.1, 0.15) is 18.9 Å². The van der Waals surface area contributed by atoms with Gasteiger partial charge in [-0.05, 0) is 35.0 Å². The highest BCUT2D eigenvalue weighted by Gasteiger charge is 2.22. The Hall–Kier alpha value is -1.52. The van der Waals surface area contributed by atoms with Crippen molar-refractivity contribution in [3.8, 4) is 5.75 Å². The Bertz CT molecular complexity index is 830. The Kier molecular flexibility index (Phi) is 4.93. The minimum atomic E-state index is 0.617. The quantitative estimate of drug-likeness (QED) is 0.571. The summed E-state index contributed by atoms with van der Waals surface area (Å²) in [5.74, 6) is 2.10. The van der Waals surface area contributed by atoms with Crippen LogP contribution in [0, 0.1) is 6.92 Å². The van der Waals surface area contributed by atoms with Gasteiger partial charge in [0.2, 0.25) is 0 Å². The summed E-state index contributed by atoms with van der Waals surface area (Å²) in [4.78, 5) is 0. The molecule has 2 aromatic carbocycles. The number of para-hydroxylation sites is 1. The van der Waals surface area contributed by atoms with Gasteiger partial charge in [-0.15, -0.1) is 0 Å². The minimum absolute atomic E-state index is 0.617. The van der Waals surface area contributed by atoms with Gasteiger partial charge in [0.05, 0.1) is 11.6 Å². The van der Waals surface area contributed by atoms with E-state index in [1.807, 2.05) is 36.4 Å². The molecule has 23 heavy (non-hydrogen) atoms. The Morgan fingerprint density at radius 1 is 1.22 bits per heavy atom. The molecule has 0 aliphatic carbocycles. The molecule has 0 saturated heterocycles. The standard InChI is InChI=1S/C18H19BrClN2O/c1-3-21-13(2)22(9-10-23-14-7-5-4-6-8-14)18-12-16(20)15(19)11-17(18)21/h4-8,11-12H,3,9-10H2,1-2H3/q+1. The van der Waals surface area contributed by atoms with Crippen LogP contribution in [0.4, 0.5) is 0 Å². The Morgan fingerprint density at radius 3 is 2.65 bits per heavy atom. The summed E-state index contributed by atoms with van der Waals surface area (Å²) in [5, 5.41) is 0.725. The smallest absolute Gasteiger partial charge is 0.254 e. The summed E-state index contributed by atoms with van der Waals surface area (Å²) in [6.07, 6.45) is 0. The molecule has 0 amide bonds. The summed E-state index contributed by atoms with van der Waals surface area (Å²) in [6, 6.07) is 14.0. The van der Waals surface area contributed by atoms with Gasteiger partial charge >= 0.3 is 0 Å². The van der Waals surface area contributed by atoms with Crippen LogP contribution in [0.25, 0.3) is 11.0 Å². The number of fused-ring (bicyclic) bond motifs is 1. The van der Waals surface area contributed by atoms with Crippen molar-refractivity contribution in [3.05, 3.63) is 57.8 Å². The predicted molar refractivity (Wildman–Crippen MR) is 97.2 cm³/mol. The van der Waals surface area contributed by atoms with Crippen molar-refractivity contribution >= 4 is 38.6 Å². The topological polar surface area (TPSA) is 18.0 Å². The zero-order valence-corrected chi connectivity index (χ0v) is 15.6. The monoisotopic (exact) mass is 393 g/mol. The summed E-state index contributed by atoms with van der Waals surface area (Å²) >= 11 is 9.81. The number of rotatable bonds is 5. The second-order valence-electron chi connectivity index (χ2n) is 5.36. The lowest BCUT2D eigenvalue weighted by molar-refractivity contribution is -0.679. The number of hydrogen-bond donors (Lipinski definition) is 0. The molecule has 3 rings (SSSR count). The number of hydrogen-bond acceptors (Lipinski definition) is 1. The first kappa shape index (κ1) is 16.3. The molecule has 5 heteroatoms. The van der Waals surface area contributed by atoms with Crippen LogP contribution in [0.2, 0.25) is 5.02 Å². The molecule has 0 unspecified atom stereocenters. The SMILES string of the molecule is CCn1c(C)[n+](CCOc2ccccc2)c2cc(Cl)c(Br)cc21. The summed E-state index contributed by atoms with van der Waals surface area (Å²) < 4.78 is 11.3. The molecule has 120 valence electrons. The maximum absolute atomic E-state index is 6.29. The molecule has 0 fully saturated rings. The van der Waals surface area contributed by atoms with Gasteiger partial charge in [-0.25, -0.2) is 9.13 Å². The molecular formula is C18H19BrClN2O+. The van der Waals surface area contributed by atoms with E-state index in [1.54, 1.807) is 0 Å². The molecule has 0 spiro atoms. The molecule has 0 radical (unpaired) electrons. The third-order valence-corrected chi connectivity index (χ3v) is 5.22. The highest BCUT2D eigenvalue weighted by Crippen LogP contribution is 2.28. The number of imidazole rings is 1. The van der Waals surface area contributed by atoms with E-state index in [1.165, 1.54) is 11.3 Å². The molecule has 0 bridgehead atoms. The van der Waals surface area contributed by atoms with Gasteiger partial charge in [0.15, 0.2) is 11.0 Å². The largest absolute Gasteiger partial charge is 0.489 e. The van der Waals surface area contributed by atoms with Gasteiger partial charge in [-0.2, -0.15) is 0 Å². The number of benzene rings is 2. The number of nitrogens with zero attached hydrogens (tertiary/aromatic N) is 2. The van der Waals surface area contributed by atoms with E-state index in [-0.39, 0.29) is 0 Å². The fourth-order valence-corrected chi connectivity index (χ4v) is 3.39. The minimum Gasteiger partial charge on any atom is -0.489 e. The lowest BCUT2D eigenvalue weighted by atomic mass is 10.3. The van der Waals surface area contributed by atoms with Crippen LogP contribution in [0.3, 0.4) is 0 Å². The first-order valence-electron chi connectivity index (χ1n) is 7.67. The van der Waals surface area contributed by atoms with Crippen LogP contribution in [-0.2, 0) is 13.1 Å². The zero-order valence-electron chi connectivity index (χ0n) is 13.2. The predicted octanol–water partition coefficient (Wildman–Crippen LogP) is 4.75. The van der Waals surface area contributed by atoms with Crippen molar-refractivity contribution in [2.24, 2.45) is 0 Å². The van der Waals surface area contributed by atoms with Crippen LogP contribution >= 0.6 is 27.5 Å². The van der Waals surface area contributed by atoms with Gasteiger partial charge in [0.25, 0.3) is 5.82 Å². The molecule has 1 aromatic heterocycles. The van der Waals surface area contributed by atoms with Gasteiger partial charge in [0, 0.05) is 23.5 Å². The second-order valence-corrected chi connectivity index (χ2v) is 6.62.